The van der Waals surface area contributed by atoms with Crippen LogP contribution < -0.4 is 9.84 Å². The van der Waals surface area contributed by atoms with Crippen LogP contribution in [0.15, 0.2) is 63.2 Å². The fourth-order valence-electron chi connectivity index (χ4n) is 4.03. The molecule has 0 saturated carbocycles. The van der Waals surface area contributed by atoms with Gasteiger partial charge >= 0.3 is 0 Å². The Morgan fingerprint density at radius 3 is 2.94 bits per heavy atom. The minimum atomic E-state index is -1.28. The fourth-order valence-corrected chi connectivity index (χ4v) is 4.03. The molecule has 1 unspecified atom stereocenters. The lowest BCUT2D eigenvalue weighted by Crippen LogP contribution is -2.44. The molecule has 0 bridgehead atoms. The van der Waals surface area contributed by atoms with E-state index in [9.17, 15) is 15.0 Å². The van der Waals surface area contributed by atoms with Crippen LogP contribution in [0, 0.1) is 0 Å². The molecule has 0 aliphatic carbocycles. The van der Waals surface area contributed by atoms with Crippen LogP contribution >= 0.6 is 0 Å². The molecule has 1 amide bonds. The Balaban J connectivity index is 1.69. The number of methoxy groups -OCH3 is 1. The van der Waals surface area contributed by atoms with Crippen molar-refractivity contribution in [2.45, 2.75) is 12.5 Å². The van der Waals surface area contributed by atoms with E-state index in [0.717, 1.165) is 11.3 Å². The highest BCUT2D eigenvalue weighted by atomic mass is 16.5. The molecular formula is C23H18N3O5-. The second-order valence-corrected chi connectivity index (χ2v) is 7.24. The molecule has 8 nitrogen and oxygen atoms in total. The van der Waals surface area contributed by atoms with Crippen LogP contribution in [-0.2, 0) is 0 Å². The first kappa shape index (κ1) is 18.9. The molecule has 0 saturated heterocycles. The standard InChI is InChI=1S/C23H19N3O5/c1-30-18-10-9-14-21(27)19(12-16-13-6-2-3-7-15(13)24-25-16)31-22(14)20(18)17-8-4-5-11-26(17)23(28)29/h2-4,6-10,12,17,27H,5,11H2,1H3,(H,28,29)/p-1. The molecule has 3 aromatic rings. The summed E-state index contributed by atoms with van der Waals surface area (Å²) in [5.74, 6) is 0.592. The molecule has 0 spiro atoms. The first-order valence-corrected chi connectivity index (χ1v) is 9.78. The Bertz CT molecular complexity index is 1290. The Morgan fingerprint density at radius 1 is 1.29 bits per heavy atom. The summed E-state index contributed by atoms with van der Waals surface area (Å²) >= 11 is 0. The van der Waals surface area contributed by atoms with Crippen LogP contribution in [0.4, 0.5) is 10.5 Å². The van der Waals surface area contributed by atoms with Crippen molar-refractivity contribution in [3.8, 4) is 11.5 Å². The number of amides is 1. The van der Waals surface area contributed by atoms with Gasteiger partial charge in [-0.1, -0.05) is 30.4 Å². The molecule has 0 fully saturated rings. The van der Waals surface area contributed by atoms with Crippen LogP contribution in [0.1, 0.15) is 29.3 Å². The van der Waals surface area contributed by atoms with E-state index in [-0.39, 0.29) is 11.5 Å². The summed E-state index contributed by atoms with van der Waals surface area (Å²) in [6.07, 6.45) is 4.61. The van der Waals surface area contributed by atoms with Gasteiger partial charge in [0, 0.05) is 18.2 Å². The van der Waals surface area contributed by atoms with E-state index in [1.165, 1.54) is 12.0 Å². The van der Waals surface area contributed by atoms with E-state index < -0.39 is 12.1 Å². The number of carboxylic acid groups (broad SMARTS) is 1. The van der Waals surface area contributed by atoms with Crippen molar-refractivity contribution in [1.29, 1.82) is 0 Å². The zero-order chi connectivity index (χ0) is 21.5. The van der Waals surface area contributed by atoms with Gasteiger partial charge in [-0.15, -0.1) is 10.2 Å². The fraction of sp³-hybridized carbons (Fsp3) is 0.174. The van der Waals surface area contributed by atoms with E-state index in [1.54, 1.807) is 24.3 Å². The monoisotopic (exact) mass is 416 g/mol. The summed E-state index contributed by atoms with van der Waals surface area (Å²) in [6, 6.07) is 10.2. The molecule has 2 aliphatic rings. The van der Waals surface area contributed by atoms with Gasteiger partial charge in [0.1, 0.15) is 17.4 Å². The number of fused-ring (bicyclic) bond motifs is 2. The molecule has 156 valence electrons. The smallest absolute Gasteiger partial charge is 0.172 e. The highest BCUT2D eigenvalue weighted by Gasteiger charge is 2.29. The Kier molecular flexibility index (Phi) is 4.47. The first-order valence-electron chi connectivity index (χ1n) is 9.78. The number of hydrogen-bond donors (Lipinski definition) is 1. The van der Waals surface area contributed by atoms with E-state index in [4.69, 9.17) is 9.15 Å². The van der Waals surface area contributed by atoms with E-state index in [1.807, 2.05) is 30.3 Å². The van der Waals surface area contributed by atoms with Crippen molar-refractivity contribution < 1.29 is 24.2 Å². The molecule has 1 aromatic heterocycles. The van der Waals surface area contributed by atoms with E-state index in [2.05, 4.69) is 10.2 Å². The number of carbonyl (C=O) groups excluding carboxylic acids is 1. The van der Waals surface area contributed by atoms with Crippen LogP contribution in [0.25, 0.3) is 22.7 Å². The highest BCUT2D eigenvalue weighted by Crippen LogP contribution is 2.45. The summed E-state index contributed by atoms with van der Waals surface area (Å²) in [6.45, 7) is 0.295. The summed E-state index contributed by atoms with van der Waals surface area (Å²) in [5.41, 5.74) is 2.98. The zero-order valence-electron chi connectivity index (χ0n) is 16.6. The van der Waals surface area contributed by atoms with Crippen molar-refractivity contribution in [1.82, 2.24) is 4.90 Å². The predicted octanol–water partition coefficient (Wildman–Crippen LogP) is 4.39. The van der Waals surface area contributed by atoms with Gasteiger partial charge in [0.2, 0.25) is 0 Å². The van der Waals surface area contributed by atoms with Crippen molar-refractivity contribution in [3.63, 3.8) is 0 Å². The van der Waals surface area contributed by atoms with Crippen LogP contribution in [0.3, 0.4) is 0 Å². The van der Waals surface area contributed by atoms with Gasteiger partial charge in [0.15, 0.2) is 11.5 Å². The summed E-state index contributed by atoms with van der Waals surface area (Å²) in [7, 11) is 1.50. The van der Waals surface area contributed by atoms with Crippen LogP contribution in [0.5, 0.6) is 11.5 Å². The van der Waals surface area contributed by atoms with Crippen molar-refractivity contribution in [3.05, 3.63) is 65.4 Å². The number of ether oxygens (including phenoxy) is 1. The normalized spacial score (nSPS) is 18.7. The molecule has 1 N–H and O–H groups in total. The van der Waals surface area contributed by atoms with E-state index in [0.29, 0.717) is 40.9 Å². The highest BCUT2D eigenvalue weighted by molar-refractivity contribution is 5.95. The third kappa shape index (κ3) is 3.04. The number of hydrogen-bond acceptors (Lipinski definition) is 7. The average Bonchev–Trinajstić information content (AvgIpc) is 3.34. The maximum Gasteiger partial charge on any atom is 0.172 e. The molecular weight excluding hydrogens is 398 g/mol. The lowest BCUT2D eigenvalue weighted by Gasteiger charge is -2.35. The molecule has 0 radical (unpaired) electrons. The minimum Gasteiger partial charge on any atom is -0.530 e. The Labute approximate surface area is 177 Å². The summed E-state index contributed by atoms with van der Waals surface area (Å²) in [4.78, 5) is 12.9. The number of aromatic hydroxyl groups is 1. The van der Waals surface area contributed by atoms with Crippen molar-refractivity contribution in [2.24, 2.45) is 10.2 Å². The second kappa shape index (κ2) is 7.32. The number of benzene rings is 2. The maximum atomic E-state index is 11.7. The minimum absolute atomic E-state index is 0.0641. The topological polar surface area (TPSA) is 111 Å². The van der Waals surface area contributed by atoms with Crippen LogP contribution in [0.2, 0.25) is 0 Å². The largest absolute Gasteiger partial charge is 0.530 e. The van der Waals surface area contributed by atoms with Crippen molar-refractivity contribution >= 4 is 34.5 Å². The molecule has 31 heavy (non-hydrogen) atoms. The lowest BCUT2D eigenvalue weighted by atomic mass is 9.98. The lowest BCUT2D eigenvalue weighted by molar-refractivity contribution is -0.267. The molecule has 8 heteroatoms. The molecule has 2 aliphatic heterocycles. The zero-order valence-corrected chi connectivity index (χ0v) is 16.6. The third-order valence-corrected chi connectivity index (χ3v) is 5.51. The SMILES string of the molecule is COc1ccc2c(O)c(C=C3N=Nc4ccccc43)oc2c1C1C=CCCN1C(=O)[O-]. The average molecular weight is 416 g/mol. The van der Waals surface area contributed by atoms with Crippen LogP contribution in [-0.4, -0.2) is 29.8 Å². The second-order valence-electron chi connectivity index (χ2n) is 7.24. The molecule has 2 aromatic carbocycles. The molecule has 3 heterocycles. The third-order valence-electron chi connectivity index (χ3n) is 5.51. The number of carbonyl (C=O) groups is 1. The quantitative estimate of drug-likeness (QED) is 0.637. The maximum absolute atomic E-state index is 11.7. The Morgan fingerprint density at radius 2 is 2.13 bits per heavy atom. The van der Waals surface area contributed by atoms with Gasteiger partial charge in [-0.05, 0) is 24.6 Å². The summed E-state index contributed by atoms with van der Waals surface area (Å²) in [5, 5.41) is 31.3. The van der Waals surface area contributed by atoms with Crippen molar-refractivity contribution in [2.75, 3.05) is 13.7 Å². The van der Waals surface area contributed by atoms with Gasteiger partial charge in [-0.3, -0.25) is 0 Å². The molecule has 1 atom stereocenters. The number of azo groups is 1. The van der Waals surface area contributed by atoms with Gasteiger partial charge in [0.25, 0.3) is 0 Å². The number of rotatable bonds is 3. The predicted molar refractivity (Wildman–Crippen MR) is 112 cm³/mol. The summed E-state index contributed by atoms with van der Waals surface area (Å²) < 4.78 is 11.5. The number of nitrogens with zero attached hydrogens (tertiary/aromatic N) is 3. The van der Waals surface area contributed by atoms with Gasteiger partial charge in [-0.2, -0.15) is 0 Å². The van der Waals surface area contributed by atoms with Gasteiger partial charge < -0.3 is 29.1 Å². The van der Waals surface area contributed by atoms with Gasteiger partial charge in [0.05, 0.1) is 35.5 Å². The molecule has 5 rings (SSSR count). The number of furan rings is 1. The first-order chi connectivity index (χ1) is 15.1. The van der Waals surface area contributed by atoms with E-state index >= 15 is 0 Å². The van der Waals surface area contributed by atoms with Gasteiger partial charge in [-0.25, -0.2) is 0 Å². The Hall–Kier alpha value is -4.07.